The maximum absolute atomic E-state index is 5.93. The summed E-state index contributed by atoms with van der Waals surface area (Å²) in [6, 6.07) is 1.59. The van der Waals surface area contributed by atoms with Crippen LogP contribution in [-0.4, -0.2) is 60.8 Å². The first-order chi connectivity index (χ1) is 10.2. The van der Waals surface area contributed by atoms with Gasteiger partial charge in [-0.25, -0.2) is 0 Å². The van der Waals surface area contributed by atoms with Crippen LogP contribution in [0.1, 0.15) is 58.8 Å². The predicted molar refractivity (Wildman–Crippen MR) is 87.6 cm³/mol. The average Bonchev–Trinajstić information content (AvgIpc) is 2.53. The van der Waals surface area contributed by atoms with Gasteiger partial charge in [0.25, 0.3) is 0 Å². The van der Waals surface area contributed by atoms with Gasteiger partial charge in [0.05, 0.1) is 6.10 Å². The summed E-state index contributed by atoms with van der Waals surface area (Å²) in [6.45, 7) is 11.0. The number of piperazine rings is 1. The third-order valence-electron chi connectivity index (χ3n) is 5.87. The summed E-state index contributed by atoms with van der Waals surface area (Å²) < 4.78 is 5.93. The minimum atomic E-state index is 0.538. The van der Waals surface area contributed by atoms with Crippen molar-refractivity contribution in [3.05, 3.63) is 0 Å². The van der Waals surface area contributed by atoms with Gasteiger partial charge in [0.1, 0.15) is 0 Å². The Balaban J connectivity index is 1.55. The van der Waals surface area contributed by atoms with Crippen molar-refractivity contribution in [1.29, 1.82) is 0 Å². The highest BCUT2D eigenvalue weighted by Gasteiger charge is 2.36. The fourth-order valence-electron chi connectivity index (χ4n) is 4.50. The number of hydrogen-bond donors (Lipinski definition) is 0. The van der Waals surface area contributed by atoms with Crippen LogP contribution >= 0.6 is 0 Å². The van der Waals surface area contributed by atoms with Gasteiger partial charge in [-0.1, -0.05) is 20.3 Å². The second-order valence-corrected chi connectivity index (χ2v) is 7.73. The van der Waals surface area contributed by atoms with E-state index in [4.69, 9.17) is 4.74 Å². The van der Waals surface area contributed by atoms with E-state index in [1.807, 2.05) is 0 Å². The van der Waals surface area contributed by atoms with E-state index < -0.39 is 0 Å². The van der Waals surface area contributed by atoms with Crippen molar-refractivity contribution in [3.63, 3.8) is 0 Å². The van der Waals surface area contributed by atoms with Crippen molar-refractivity contribution < 1.29 is 4.74 Å². The molecule has 0 bridgehead atoms. The molecule has 3 aliphatic heterocycles. The van der Waals surface area contributed by atoms with Crippen LogP contribution in [0.3, 0.4) is 0 Å². The van der Waals surface area contributed by atoms with Gasteiger partial charge in [0, 0.05) is 38.3 Å². The number of fused-ring (bicyclic) bond motifs is 1. The van der Waals surface area contributed by atoms with Crippen LogP contribution in [0.5, 0.6) is 0 Å². The number of nitrogens with zero attached hydrogens (tertiary/aromatic N) is 2. The molecular formula is C18H34N2O. The zero-order chi connectivity index (χ0) is 14.7. The lowest BCUT2D eigenvalue weighted by Crippen LogP contribution is -2.61. The van der Waals surface area contributed by atoms with Crippen molar-refractivity contribution >= 4 is 0 Å². The third kappa shape index (κ3) is 4.00. The Morgan fingerprint density at radius 2 is 1.90 bits per heavy atom. The Labute approximate surface area is 131 Å². The fourth-order valence-corrected chi connectivity index (χ4v) is 4.50. The van der Waals surface area contributed by atoms with Gasteiger partial charge < -0.3 is 4.74 Å². The van der Waals surface area contributed by atoms with E-state index in [-0.39, 0.29) is 0 Å². The summed E-state index contributed by atoms with van der Waals surface area (Å²) in [5.41, 5.74) is 0. The predicted octanol–water partition coefficient (Wildman–Crippen LogP) is 3.14. The van der Waals surface area contributed by atoms with Gasteiger partial charge in [-0.05, 0) is 51.0 Å². The van der Waals surface area contributed by atoms with Gasteiger partial charge in [0.15, 0.2) is 0 Å². The molecule has 3 aliphatic rings. The molecule has 0 spiro atoms. The lowest BCUT2D eigenvalue weighted by atomic mass is 9.91. The molecule has 0 radical (unpaired) electrons. The zero-order valence-electron chi connectivity index (χ0n) is 14.1. The molecule has 3 atom stereocenters. The fraction of sp³-hybridized carbons (Fsp3) is 1.00. The van der Waals surface area contributed by atoms with E-state index in [0.29, 0.717) is 6.10 Å². The Morgan fingerprint density at radius 3 is 2.67 bits per heavy atom. The Kier molecular flexibility index (Phi) is 5.58. The minimum absolute atomic E-state index is 0.538. The second kappa shape index (κ2) is 7.43. The molecule has 21 heavy (non-hydrogen) atoms. The zero-order valence-corrected chi connectivity index (χ0v) is 14.1. The number of rotatable bonds is 4. The van der Waals surface area contributed by atoms with E-state index in [0.717, 1.165) is 24.6 Å². The molecule has 0 amide bonds. The van der Waals surface area contributed by atoms with Crippen molar-refractivity contribution in [1.82, 2.24) is 9.80 Å². The molecule has 0 aromatic rings. The van der Waals surface area contributed by atoms with Crippen LogP contribution in [0.25, 0.3) is 0 Å². The molecule has 0 aromatic heterocycles. The van der Waals surface area contributed by atoms with Crippen molar-refractivity contribution in [2.45, 2.75) is 77.0 Å². The summed E-state index contributed by atoms with van der Waals surface area (Å²) >= 11 is 0. The Morgan fingerprint density at radius 1 is 1.05 bits per heavy atom. The summed E-state index contributed by atoms with van der Waals surface area (Å²) in [6.07, 6.45) is 9.98. The Bertz CT molecular complexity index is 314. The van der Waals surface area contributed by atoms with Crippen LogP contribution in [-0.2, 0) is 4.74 Å². The molecule has 3 fully saturated rings. The summed E-state index contributed by atoms with van der Waals surface area (Å²) in [5, 5.41) is 0. The van der Waals surface area contributed by atoms with E-state index in [1.54, 1.807) is 0 Å². The maximum atomic E-state index is 5.93. The lowest BCUT2D eigenvalue weighted by molar-refractivity contribution is -0.0295. The molecule has 3 heteroatoms. The SMILES string of the molecule is CC(C)C1CN2CCCCC2CN1CCC1CCCCO1. The second-order valence-electron chi connectivity index (χ2n) is 7.73. The van der Waals surface area contributed by atoms with Crippen LogP contribution in [0, 0.1) is 5.92 Å². The molecule has 3 saturated heterocycles. The molecule has 3 heterocycles. The monoisotopic (exact) mass is 294 g/mol. The highest BCUT2D eigenvalue weighted by atomic mass is 16.5. The van der Waals surface area contributed by atoms with E-state index in [1.165, 1.54) is 71.1 Å². The first-order valence-electron chi connectivity index (χ1n) is 9.33. The van der Waals surface area contributed by atoms with E-state index >= 15 is 0 Å². The molecule has 3 rings (SSSR count). The summed E-state index contributed by atoms with van der Waals surface area (Å²) in [4.78, 5) is 5.58. The first kappa shape index (κ1) is 15.8. The van der Waals surface area contributed by atoms with E-state index in [9.17, 15) is 0 Å². The van der Waals surface area contributed by atoms with Crippen LogP contribution in [0.2, 0.25) is 0 Å². The Hall–Kier alpha value is -0.120. The molecule has 0 aliphatic carbocycles. The van der Waals surface area contributed by atoms with Gasteiger partial charge >= 0.3 is 0 Å². The van der Waals surface area contributed by atoms with Crippen LogP contribution in [0.15, 0.2) is 0 Å². The van der Waals surface area contributed by atoms with Gasteiger partial charge in [0.2, 0.25) is 0 Å². The van der Waals surface area contributed by atoms with Crippen molar-refractivity contribution in [2.75, 3.05) is 32.8 Å². The molecule has 122 valence electrons. The summed E-state index contributed by atoms with van der Waals surface area (Å²) in [5.74, 6) is 0.764. The van der Waals surface area contributed by atoms with Gasteiger partial charge in [-0.15, -0.1) is 0 Å². The minimum Gasteiger partial charge on any atom is -0.378 e. The highest BCUT2D eigenvalue weighted by Crippen LogP contribution is 2.28. The number of ether oxygens (including phenoxy) is 1. The van der Waals surface area contributed by atoms with Gasteiger partial charge in [-0.2, -0.15) is 0 Å². The largest absolute Gasteiger partial charge is 0.378 e. The molecule has 0 saturated carbocycles. The molecule has 3 nitrogen and oxygen atoms in total. The van der Waals surface area contributed by atoms with Crippen LogP contribution in [0.4, 0.5) is 0 Å². The van der Waals surface area contributed by atoms with Crippen molar-refractivity contribution in [3.8, 4) is 0 Å². The van der Waals surface area contributed by atoms with Gasteiger partial charge in [-0.3, -0.25) is 9.80 Å². The number of hydrogen-bond acceptors (Lipinski definition) is 3. The average molecular weight is 294 g/mol. The lowest BCUT2D eigenvalue weighted by Gasteiger charge is -2.50. The first-order valence-corrected chi connectivity index (χ1v) is 9.33. The van der Waals surface area contributed by atoms with E-state index in [2.05, 4.69) is 23.6 Å². The molecule has 0 aromatic carbocycles. The topological polar surface area (TPSA) is 15.7 Å². The normalized spacial score (nSPS) is 35.9. The van der Waals surface area contributed by atoms with Crippen molar-refractivity contribution in [2.24, 2.45) is 5.92 Å². The highest BCUT2D eigenvalue weighted by molar-refractivity contribution is 4.92. The maximum Gasteiger partial charge on any atom is 0.0587 e. The summed E-state index contributed by atoms with van der Waals surface area (Å²) in [7, 11) is 0. The third-order valence-corrected chi connectivity index (χ3v) is 5.87. The number of piperidine rings is 1. The standard InChI is InChI=1S/C18H34N2O/c1-15(2)18-14-19-10-5-3-7-16(19)13-20(18)11-9-17-8-4-6-12-21-17/h15-18H,3-14H2,1-2H3. The molecule has 0 N–H and O–H groups in total. The molecule has 3 unspecified atom stereocenters. The quantitative estimate of drug-likeness (QED) is 0.792. The van der Waals surface area contributed by atoms with Crippen LogP contribution < -0.4 is 0 Å². The smallest absolute Gasteiger partial charge is 0.0587 e. The molecular weight excluding hydrogens is 260 g/mol.